The number of hydrogen-bond acceptors (Lipinski definition) is 8. The van der Waals surface area contributed by atoms with Gasteiger partial charge in [0.05, 0.1) is 31.6 Å². The summed E-state index contributed by atoms with van der Waals surface area (Å²) in [4.78, 5) is 60.6. The van der Waals surface area contributed by atoms with E-state index in [4.69, 9.17) is 20.4 Å². The molecular formula is C21H35N3O10. The first kappa shape index (κ1) is 31.0. The summed E-state index contributed by atoms with van der Waals surface area (Å²) in [5, 5.41) is 46.2. The number of carboxylic acid groups (broad SMARTS) is 5. The quantitative estimate of drug-likeness (QED) is 0.148. The smallest absolute Gasteiger partial charge is 0.317 e. The van der Waals surface area contributed by atoms with Gasteiger partial charge in [-0.1, -0.05) is 5.57 Å². The van der Waals surface area contributed by atoms with Crippen molar-refractivity contribution in [2.24, 2.45) is 5.41 Å². The summed E-state index contributed by atoms with van der Waals surface area (Å²) in [6.07, 6.45) is 0.127. The van der Waals surface area contributed by atoms with Crippen LogP contribution in [-0.4, -0.2) is 128 Å². The fourth-order valence-electron chi connectivity index (χ4n) is 3.66. The van der Waals surface area contributed by atoms with Crippen LogP contribution in [0.4, 0.5) is 0 Å². The van der Waals surface area contributed by atoms with Crippen molar-refractivity contribution in [3.05, 3.63) is 12.2 Å². The van der Waals surface area contributed by atoms with Gasteiger partial charge in [-0.05, 0) is 27.2 Å². The summed E-state index contributed by atoms with van der Waals surface area (Å²) < 4.78 is 0. The Morgan fingerprint density at radius 1 is 0.735 bits per heavy atom. The fraction of sp³-hybridized carbons (Fsp3) is 0.667. The second kappa shape index (κ2) is 14.3. The fourth-order valence-corrected chi connectivity index (χ4v) is 3.66. The number of carboxylic acids is 5. The average Bonchev–Trinajstić information content (AvgIpc) is 2.64. The van der Waals surface area contributed by atoms with Crippen molar-refractivity contribution in [2.75, 3.05) is 52.4 Å². The van der Waals surface area contributed by atoms with Crippen LogP contribution < -0.4 is 0 Å². The predicted molar refractivity (Wildman–Crippen MR) is 120 cm³/mol. The minimum atomic E-state index is -1.32. The molecule has 0 heterocycles. The van der Waals surface area contributed by atoms with Gasteiger partial charge in [0.15, 0.2) is 0 Å². The summed E-state index contributed by atoms with van der Waals surface area (Å²) >= 11 is 0. The molecule has 0 spiro atoms. The minimum absolute atomic E-state index is 0.0242. The highest BCUT2D eigenvalue weighted by Gasteiger charge is 2.42. The van der Waals surface area contributed by atoms with E-state index in [0.29, 0.717) is 5.57 Å². The highest BCUT2D eigenvalue weighted by molar-refractivity contribution is 5.75. The van der Waals surface area contributed by atoms with Crippen molar-refractivity contribution in [2.45, 2.75) is 33.2 Å². The molecule has 13 heteroatoms. The van der Waals surface area contributed by atoms with Crippen LogP contribution >= 0.6 is 0 Å². The molecule has 0 saturated carbocycles. The van der Waals surface area contributed by atoms with Crippen LogP contribution in [-0.2, 0) is 24.0 Å². The van der Waals surface area contributed by atoms with Gasteiger partial charge >= 0.3 is 29.8 Å². The van der Waals surface area contributed by atoms with E-state index in [1.54, 1.807) is 18.7 Å². The minimum Gasteiger partial charge on any atom is -0.481 e. The number of allylic oxidation sites excluding steroid dienone is 1. The number of hydrogen-bond donors (Lipinski definition) is 5. The van der Waals surface area contributed by atoms with Gasteiger partial charge in [-0.15, -0.1) is 6.58 Å². The molecule has 194 valence electrons. The molecule has 34 heavy (non-hydrogen) atoms. The number of aliphatic carboxylic acids is 5. The van der Waals surface area contributed by atoms with Crippen LogP contribution in [0.1, 0.15) is 27.2 Å². The van der Waals surface area contributed by atoms with E-state index in [1.807, 2.05) is 0 Å². The monoisotopic (exact) mass is 489 g/mol. The molecule has 0 aliphatic heterocycles. The molecule has 0 fully saturated rings. The molecule has 2 atom stereocenters. The zero-order chi connectivity index (χ0) is 26.6. The Morgan fingerprint density at radius 2 is 1.06 bits per heavy atom. The Bertz CT molecular complexity index is 700. The van der Waals surface area contributed by atoms with Gasteiger partial charge in [0.25, 0.3) is 0 Å². The van der Waals surface area contributed by atoms with E-state index in [1.165, 1.54) is 16.7 Å². The Morgan fingerprint density at radius 3 is 1.29 bits per heavy atom. The molecule has 0 aromatic heterocycles. The molecule has 0 saturated heterocycles. The van der Waals surface area contributed by atoms with Crippen LogP contribution in [0.2, 0.25) is 0 Å². The lowest BCUT2D eigenvalue weighted by molar-refractivity contribution is -0.152. The van der Waals surface area contributed by atoms with Crippen molar-refractivity contribution in [1.82, 2.24) is 14.7 Å². The van der Waals surface area contributed by atoms with Crippen LogP contribution in [0.3, 0.4) is 0 Å². The molecule has 13 nitrogen and oxygen atoms in total. The molecule has 0 aliphatic carbocycles. The van der Waals surface area contributed by atoms with Crippen molar-refractivity contribution < 1.29 is 49.5 Å². The summed E-state index contributed by atoms with van der Waals surface area (Å²) in [6, 6.07) is -0.672. The van der Waals surface area contributed by atoms with Gasteiger partial charge < -0.3 is 25.5 Å². The van der Waals surface area contributed by atoms with Gasteiger partial charge in [-0.3, -0.25) is 38.7 Å². The van der Waals surface area contributed by atoms with Crippen molar-refractivity contribution in [1.29, 1.82) is 0 Å². The Labute approximate surface area is 197 Å². The van der Waals surface area contributed by atoms with Crippen LogP contribution in [0, 0.1) is 5.41 Å². The third kappa shape index (κ3) is 11.7. The molecular weight excluding hydrogens is 454 g/mol. The summed E-state index contributed by atoms with van der Waals surface area (Å²) in [5.41, 5.74) is -0.700. The normalized spacial score (nSPS) is 14.1. The maximum atomic E-state index is 12.2. The zero-order valence-electron chi connectivity index (χ0n) is 19.8. The molecule has 5 N–H and O–H groups in total. The van der Waals surface area contributed by atoms with Crippen LogP contribution in [0.15, 0.2) is 12.2 Å². The zero-order valence-corrected chi connectivity index (χ0v) is 19.8. The molecule has 0 aromatic carbocycles. The first-order valence-electron chi connectivity index (χ1n) is 10.5. The highest BCUT2D eigenvalue weighted by atomic mass is 16.4. The molecule has 0 rings (SSSR count). The van der Waals surface area contributed by atoms with Crippen LogP contribution in [0.25, 0.3) is 0 Å². The van der Waals surface area contributed by atoms with Crippen LogP contribution in [0.5, 0.6) is 0 Å². The van der Waals surface area contributed by atoms with E-state index in [9.17, 15) is 29.1 Å². The van der Waals surface area contributed by atoms with Gasteiger partial charge in [0.2, 0.25) is 0 Å². The predicted octanol–water partition coefficient (Wildman–Crippen LogP) is -0.324. The third-order valence-corrected chi connectivity index (χ3v) is 5.47. The maximum absolute atomic E-state index is 12.2. The molecule has 0 bridgehead atoms. The second-order valence-electron chi connectivity index (χ2n) is 8.56. The topological polar surface area (TPSA) is 196 Å². The lowest BCUT2D eigenvalue weighted by atomic mass is 9.77. The van der Waals surface area contributed by atoms with Crippen molar-refractivity contribution in [3.63, 3.8) is 0 Å². The molecule has 0 amide bonds. The lowest BCUT2D eigenvalue weighted by Gasteiger charge is -2.41. The largest absolute Gasteiger partial charge is 0.481 e. The standard InChI is InChI=1S/C21H35N3O10/c1-14(2)9-21(4,20(33)34)15(3)24(7-5-22(10-16(25)26)11-17(27)28)8-6-23(12-18(29)30)13-19(31)32/h15H,1,5-13H2,2-4H3,(H,25,26)(H,27,28)(H,29,30)(H,31,32)(H,33,34). The van der Waals surface area contributed by atoms with Gasteiger partial charge in [-0.25, -0.2) is 0 Å². The Kier molecular flexibility index (Phi) is 13.0. The van der Waals surface area contributed by atoms with E-state index >= 15 is 0 Å². The van der Waals surface area contributed by atoms with Gasteiger partial charge in [0, 0.05) is 32.2 Å². The SMILES string of the molecule is C=C(C)CC(C)(C(=O)O)C(C)N(CCN(CC(=O)O)CC(=O)O)CCN(CC(=O)O)CC(=O)O. The number of carbonyl (C=O) groups is 5. The summed E-state index contributed by atoms with van der Waals surface area (Å²) in [5.74, 6) is -6.02. The summed E-state index contributed by atoms with van der Waals surface area (Å²) in [7, 11) is 0. The van der Waals surface area contributed by atoms with E-state index in [-0.39, 0.29) is 32.6 Å². The van der Waals surface area contributed by atoms with E-state index in [0.717, 1.165) is 0 Å². The van der Waals surface area contributed by atoms with Crippen molar-refractivity contribution in [3.8, 4) is 0 Å². The van der Waals surface area contributed by atoms with E-state index in [2.05, 4.69) is 6.58 Å². The second-order valence-corrected chi connectivity index (χ2v) is 8.56. The number of nitrogens with zero attached hydrogens (tertiary/aromatic N) is 3. The Hall–Kier alpha value is -3.03. The van der Waals surface area contributed by atoms with E-state index < -0.39 is 67.5 Å². The first-order valence-corrected chi connectivity index (χ1v) is 10.5. The average molecular weight is 490 g/mol. The first-order chi connectivity index (χ1) is 15.6. The molecule has 0 aliphatic rings. The Balaban J connectivity index is 5.86. The van der Waals surface area contributed by atoms with Gasteiger partial charge in [0.1, 0.15) is 0 Å². The lowest BCUT2D eigenvalue weighted by Crippen LogP contribution is -2.53. The van der Waals surface area contributed by atoms with Gasteiger partial charge in [-0.2, -0.15) is 0 Å². The molecule has 0 radical (unpaired) electrons. The third-order valence-electron chi connectivity index (χ3n) is 5.47. The number of rotatable bonds is 19. The summed E-state index contributed by atoms with van der Waals surface area (Å²) in [6.45, 7) is 6.56. The highest BCUT2D eigenvalue weighted by Crippen LogP contribution is 2.33. The van der Waals surface area contributed by atoms with Crippen molar-refractivity contribution >= 4 is 29.8 Å². The molecule has 2 unspecified atom stereocenters. The maximum Gasteiger partial charge on any atom is 0.317 e. The molecule has 0 aromatic rings.